The van der Waals surface area contributed by atoms with Crippen LogP contribution in [0.2, 0.25) is 0 Å². The van der Waals surface area contributed by atoms with Crippen molar-refractivity contribution in [2.24, 2.45) is 5.41 Å². The van der Waals surface area contributed by atoms with Crippen molar-refractivity contribution in [2.45, 2.75) is 103 Å². The van der Waals surface area contributed by atoms with Crippen molar-refractivity contribution in [3.8, 4) is 0 Å². The lowest BCUT2D eigenvalue weighted by atomic mass is 9.77. The highest BCUT2D eigenvalue weighted by atomic mass is 16.5. The van der Waals surface area contributed by atoms with Gasteiger partial charge in [0.25, 0.3) is 5.91 Å². The van der Waals surface area contributed by atoms with Gasteiger partial charge in [-0.05, 0) is 40.0 Å². The first-order valence-electron chi connectivity index (χ1n) is 11.2. The van der Waals surface area contributed by atoms with E-state index >= 15 is 0 Å². The summed E-state index contributed by atoms with van der Waals surface area (Å²) in [5, 5.41) is 12.1. The molecule has 2 fully saturated rings. The van der Waals surface area contributed by atoms with Crippen molar-refractivity contribution in [3.05, 3.63) is 0 Å². The summed E-state index contributed by atoms with van der Waals surface area (Å²) in [5.41, 5.74) is 0.452. The van der Waals surface area contributed by atoms with E-state index in [2.05, 4.69) is 12.2 Å². The highest BCUT2D eigenvalue weighted by molar-refractivity contribution is 5.88. The van der Waals surface area contributed by atoms with Crippen LogP contribution in [0.5, 0.6) is 0 Å². The van der Waals surface area contributed by atoms with Crippen LogP contribution < -0.4 is 10.8 Å². The molecule has 1 aliphatic heterocycles. The Morgan fingerprint density at radius 3 is 2.34 bits per heavy atom. The van der Waals surface area contributed by atoms with E-state index in [4.69, 9.17) is 5.21 Å². The van der Waals surface area contributed by atoms with Gasteiger partial charge in [-0.1, -0.05) is 39.0 Å². The number of unbranched alkanes of at least 4 members (excludes halogenated alkanes) is 4. The van der Waals surface area contributed by atoms with Gasteiger partial charge >= 0.3 is 5.91 Å². The molecule has 0 bridgehead atoms. The van der Waals surface area contributed by atoms with Gasteiger partial charge in [-0.3, -0.25) is 14.8 Å². The molecular formula is C22H40N3O4+. The quantitative estimate of drug-likeness (QED) is 0.211. The van der Waals surface area contributed by atoms with Gasteiger partial charge in [-0.15, -0.1) is 0 Å². The molecule has 3 N–H and O–H groups in total. The number of carbonyl (C=O) groups is 3. The summed E-state index contributed by atoms with van der Waals surface area (Å²) in [5.74, 6) is -0.626. The second-order valence-electron chi connectivity index (χ2n) is 10.1. The van der Waals surface area contributed by atoms with Gasteiger partial charge in [0.1, 0.15) is 0 Å². The first-order chi connectivity index (χ1) is 13.6. The smallest absolute Gasteiger partial charge is 0.321 e. The van der Waals surface area contributed by atoms with Gasteiger partial charge in [0, 0.05) is 18.9 Å². The molecule has 2 rings (SSSR count). The van der Waals surface area contributed by atoms with Crippen LogP contribution in [-0.2, 0) is 14.4 Å². The fraction of sp³-hybridized carbons (Fsp3) is 0.864. The van der Waals surface area contributed by atoms with E-state index < -0.39 is 16.9 Å². The van der Waals surface area contributed by atoms with Crippen LogP contribution in [0.3, 0.4) is 0 Å². The topological polar surface area (TPSA) is 95.5 Å². The van der Waals surface area contributed by atoms with Gasteiger partial charge in [-0.25, -0.2) is 14.8 Å². The van der Waals surface area contributed by atoms with E-state index in [9.17, 15) is 14.4 Å². The fourth-order valence-corrected chi connectivity index (χ4v) is 4.74. The third-order valence-corrected chi connectivity index (χ3v) is 6.84. The standard InChI is InChI=1S/C22H39N3O4/c1-5-6-7-8-9-12-22(15-18(26)24-29)13-14-25(20(22)28,21(2,3)4)16-19(27)23-17-10-11-17/h17H,5-16H2,1-4H3,(H2-,23,24,26,27,29)/p+1/t22-,25+/m0/s1. The van der Waals surface area contributed by atoms with Gasteiger partial charge in [-0.2, -0.15) is 0 Å². The maximum Gasteiger partial charge on any atom is 0.321 e. The number of hydrogen-bond donors (Lipinski definition) is 3. The van der Waals surface area contributed by atoms with Gasteiger partial charge in [0.15, 0.2) is 6.54 Å². The van der Waals surface area contributed by atoms with E-state index in [0.29, 0.717) is 19.4 Å². The first kappa shape index (κ1) is 23.8. The minimum absolute atomic E-state index is 0.0174. The molecular weight excluding hydrogens is 370 g/mol. The monoisotopic (exact) mass is 410 g/mol. The summed E-state index contributed by atoms with van der Waals surface area (Å²) in [6, 6.07) is 0.253. The van der Waals surface area contributed by atoms with Crippen LogP contribution >= 0.6 is 0 Å². The van der Waals surface area contributed by atoms with E-state index in [1.807, 2.05) is 20.8 Å². The Morgan fingerprint density at radius 2 is 1.79 bits per heavy atom. The molecule has 166 valence electrons. The first-order valence-corrected chi connectivity index (χ1v) is 11.2. The molecule has 2 aliphatic rings. The summed E-state index contributed by atoms with van der Waals surface area (Å²) in [6.07, 6.45) is 8.54. The molecule has 0 radical (unpaired) electrons. The van der Waals surface area contributed by atoms with Crippen molar-refractivity contribution in [2.75, 3.05) is 13.1 Å². The molecule has 7 heteroatoms. The molecule has 1 saturated carbocycles. The Kier molecular flexibility index (Phi) is 7.85. The van der Waals surface area contributed by atoms with Crippen LogP contribution in [0, 0.1) is 5.41 Å². The lowest BCUT2D eigenvalue weighted by molar-refractivity contribution is -0.886. The summed E-state index contributed by atoms with van der Waals surface area (Å²) >= 11 is 0. The van der Waals surface area contributed by atoms with Crippen LogP contribution in [0.1, 0.15) is 91.9 Å². The van der Waals surface area contributed by atoms with Crippen LogP contribution in [-0.4, -0.2) is 52.1 Å². The largest absolute Gasteiger partial charge is 0.348 e. The highest BCUT2D eigenvalue weighted by Gasteiger charge is 2.63. The summed E-state index contributed by atoms with van der Waals surface area (Å²) in [6.45, 7) is 8.83. The molecule has 0 aromatic rings. The second kappa shape index (κ2) is 9.56. The normalized spacial score (nSPS) is 27.1. The summed E-state index contributed by atoms with van der Waals surface area (Å²) in [4.78, 5) is 38.7. The Balaban J connectivity index is 2.23. The third-order valence-electron chi connectivity index (χ3n) is 6.84. The number of quaternary nitrogens is 1. The molecule has 7 nitrogen and oxygen atoms in total. The zero-order valence-electron chi connectivity index (χ0n) is 18.7. The summed E-state index contributed by atoms with van der Waals surface area (Å²) < 4.78 is 0.0687. The maximum absolute atomic E-state index is 13.9. The third kappa shape index (κ3) is 5.57. The molecule has 29 heavy (non-hydrogen) atoms. The molecule has 2 atom stereocenters. The highest BCUT2D eigenvalue weighted by Crippen LogP contribution is 2.47. The number of rotatable bonds is 11. The average molecular weight is 411 g/mol. The number of carbonyl (C=O) groups excluding carboxylic acids is 3. The maximum atomic E-state index is 13.9. The Hall–Kier alpha value is -1.47. The van der Waals surface area contributed by atoms with E-state index in [-0.39, 0.29) is 35.3 Å². The number of likely N-dealkylation sites (tertiary alicyclic amines) is 1. The Labute approximate surface area is 175 Å². The molecule has 0 unspecified atom stereocenters. The van der Waals surface area contributed by atoms with Crippen LogP contribution in [0.25, 0.3) is 0 Å². The predicted octanol–water partition coefficient (Wildman–Crippen LogP) is 3.05. The lowest BCUT2D eigenvalue weighted by Crippen LogP contribution is -2.66. The predicted molar refractivity (Wildman–Crippen MR) is 111 cm³/mol. The zero-order valence-corrected chi connectivity index (χ0v) is 18.7. The number of hydrogen-bond acceptors (Lipinski definition) is 4. The minimum Gasteiger partial charge on any atom is -0.348 e. The average Bonchev–Trinajstić information content (AvgIpc) is 3.41. The van der Waals surface area contributed by atoms with E-state index in [1.54, 1.807) is 5.48 Å². The Bertz CT molecular complexity index is 612. The molecule has 0 spiro atoms. The van der Waals surface area contributed by atoms with Crippen molar-refractivity contribution >= 4 is 17.7 Å². The number of nitrogens with one attached hydrogen (secondary N) is 2. The van der Waals surface area contributed by atoms with Crippen molar-refractivity contribution in [1.82, 2.24) is 10.8 Å². The zero-order chi connectivity index (χ0) is 21.7. The molecule has 3 amide bonds. The second-order valence-corrected chi connectivity index (χ2v) is 10.1. The van der Waals surface area contributed by atoms with Gasteiger partial charge in [0.05, 0.1) is 17.5 Å². The number of hydroxylamine groups is 1. The van der Waals surface area contributed by atoms with Gasteiger partial charge < -0.3 is 5.32 Å². The van der Waals surface area contributed by atoms with Gasteiger partial charge in [0.2, 0.25) is 5.91 Å². The van der Waals surface area contributed by atoms with Crippen molar-refractivity contribution in [3.63, 3.8) is 0 Å². The Morgan fingerprint density at radius 1 is 1.14 bits per heavy atom. The molecule has 0 aromatic carbocycles. The van der Waals surface area contributed by atoms with E-state index in [0.717, 1.165) is 38.5 Å². The summed E-state index contributed by atoms with van der Waals surface area (Å²) in [7, 11) is 0. The molecule has 1 aliphatic carbocycles. The van der Waals surface area contributed by atoms with E-state index in [1.165, 1.54) is 6.42 Å². The van der Waals surface area contributed by atoms with Crippen LogP contribution in [0.4, 0.5) is 0 Å². The fourth-order valence-electron chi connectivity index (χ4n) is 4.74. The number of amides is 3. The lowest BCUT2D eigenvalue weighted by Gasteiger charge is -2.44. The molecule has 1 saturated heterocycles. The van der Waals surface area contributed by atoms with Crippen molar-refractivity contribution < 1.29 is 24.1 Å². The van der Waals surface area contributed by atoms with Crippen LogP contribution in [0.15, 0.2) is 0 Å². The molecule has 1 heterocycles. The minimum atomic E-state index is -0.813. The van der Waals surface area contributed by atoms with Crippen molar-refractivity contribution in [1.29, 1.82) is 0 Å². The molecule has 0 aromatic heterocycles. The SMILES string of the molecule is CCCCCCC[C@@]1(CC(=O)NO)CC[N@+](CC(=O)NC2CC2)(C(C)(C)C)C1=O. The number of nitrogens with zero attached hydrogens (tertiary/aromatic N) is 1.